The Bertz CT molecular complexity index is 613. The number of hydrogen-bond donors (Lipinski definition) is 3. The van der Waals surface area contributed by atoms with E-state index in [0.717, 1.165) is 0 Å². The summed E-state index contributed by atoms with van der Waals surface area (Å²) in [5.41, 5.74) is 6.17. The lowest BCUT2D eigenvalue weighted by molar-refractivity contribution is 0.581. The third kappa shape index (κ3) is 2.48. The van der Waals surface area contributed by atoms with E-state index in [1.807, 2.05) is 0 Å². The fraction of sp³-hybridized carbons (Fsp3) is 0.222. The van der Waals surface area contributed by atoms with Gasteiger partial charge in [0.1, 0.15) is 5.82 Å². The standard InChI is InChI=1S/C9H13N5O2S/c1-14-3-2-8(6-14)17(15,16)12-5-7-4-11-13-9(7)10/h2-4,6,12H,5H2,1H3,(H3,10,11,13). The number of nitrogens with two attached hydrogens (primary N) is 1. The zero-order valence-electron chi connectivity index (χ0n) is 9.21. The average molecular weight is 255 g/mol. The maximum atomic E-state index is 11.9. The summed E-state index contributed by atoms with van der Waals surface area (Å²) in [6, 6.07) is 1.53. The van der Waals surface area contributed by atoms with Gasteiger partial charge in [-0.2, -0.15) is 5.10 Å². The van der Waals surface area contributed by atoms with Crippen molar-refractivity contribution >= 4 is 15.8 Å². The Morgan fingerprint density at radius 3 is 2.88 bits per heavy atom. The normalized spacial score (nSPS) is 11.8. The number of hydrogen-bond acceptors (Lipinski definition) is 4. The molecule has 0 atom stereocenters. The molecule has 0 bridgehead atoms. The van der Waals surface area contributed by atoms with Crippen LogP contribution in [-0.2, 0) is 23.6 Å². The van der Waals surface area contributed by atoms with Crippen molar-refractivity contribution < 1.29 is 8.42 Å². The lowest BCUT2D eigenvalue weighted by Crippen LogP contribution is -2.23. The first kappa shape index (κ1) is 11.7. The van der Waals surface area contributed by atoms with E-state index in [1.165, 1.54) is 18.5 Å². The summed E-state index contributed by atoms with van der Waals surface area (Å²) in [5, 5.41) is 6.25. The molecule has 0 aromatic carbocycles. The van der Waals surface area contributed by atoms with E-state index in [1.54, 1.807) is 17.8 Å². The fourth-order valence-corrected chi connectivity index (χ4v) is 2.41. The Hall–Kier alpha value is -1.80. The summed E-state index contributed by atoms with van der Waals surface area (Å²) < 4.78 is 27.8. The number of aromatic amines is 1. The summed E-state index contributed by atoms with van der Waals surface area (Å²) >= 11 is 0. The Morgan fingerprint density at radius 2 is 2.35 bits per heavy atom. The van der Waals surface area contributed by atoms with Gasteiger partial charge in [0.2, 0.25) is 10.0 Å². The predicted octanol–water partition coefficient (Wildman–Crippen LogP) is -0.191. The third-order valence-corrected chi connectivity index (χ3v) is 3.71. The molecule has 2 aromatic heterocycles. The van der Waals surface area contributed by atoms with E-state index in [9.17, 15) is 8.42 Å². The quantitative estimate of drug-likeness (QED) is 0.704. The second kappa shape index (κ2) is 4.22. The van der Waals surface area contributed by atoms with Crippen LogP contribution in [0.2, 0.25) is 0 Å². The molecule has 2 heterocycles. The minimum atomic E-state index is -3.50. The minimum absolute atomic E-state index is 0.111. The van der Waals surface area contributed by atoms with Gasteiger partial charge in [-0.3, -0.25) is 5.10 Å². The highest BCUT2D eigenvalue weighted by Gasteiger charge is 2.15. The van der Waals surface area contributed by atoms with E-state index in [0.29, 0.717) is 11.4 Å². The van der Waals surface area contributed by atoms with Crippen LogP contribution in [-0.4, -0.2) is 23.2 Å². The highest BCUT2D eigenvalue weighted by atomic mass is 32.2. The number of anilines is 1. The molecule has 0 aliphatic rings. The van der Waals surface area contributed by atoms with Crippen LogP contribution in [0.4, 0.5) is 5.82 Å². The van der Waals surface area contributed by atoms with Gasteiger partial charge in [-0.25, -0.2) is 13.1 Å². The molecule has 4 N–H and O–H groups in total. The number of aromatic nitrogens is 3. The van der Waals surface area contributed by atoms with Crippen LogP contribution in [0.3, 0.4) is 0 Å². The van der Waals surface area contributed by atoms with Crippen LogP contribution in [0.15, 0.2) is 29.6 Å². The largest absolute Gasteiger partial charge is 0.384 e. The molecular formula is C9H13N5O2S. The summed E-state index contributed by atoms with van der Waals surface area (Å²) in [6.07, 6.45) is 4.69. The van der Waals surface area contributed by atoms with Crippen molar-refractivity contribution in [1.82, 2.24) is 19.5 Å². The monoisotopic (exact) mass is 255 g/mol. The van der Waals surface area contributed by atoms with Gasteiger partial charge in [-0.05, 0) is 6.07 Å². The molecule has 0 aliphatic heterocycles. The van der Waals surface area contributed by atoms with Crippen LogP contribution in [0.5, 0.6) is 0 Å². The Morgan fingerprint density at radius 1 is 1.59 bits per heavy atom. The highest BCUT2D eigenvalue weighted by Crippen LogP contribution is 2.11. The number of nitrogens with one attached hydrogen (secondary N) is 2. The van der Waals surface area contributed by atoms with Crippen molar-refractivity contribution in [1.29, 1.82) is 0 Å². The van der Waals surface area contributed by atoms with Crippen molar-refractivity contribution in [3.05, 3.63) is 30.2 Å². The maximum Gasteiger partial charge on any atom is 0.242 e. The highest BCUT2D eigenvalue weighted by molar-refractivity contribution is 7.89. The molecule has 0 radical (unpaired) electrons. The topological polar surface area (TPSA) is 106 Å². The first-order chi connectivity index (χ1) is 7.99. The second-order valence-corrected chi connectivity index (χ2v) is 5.41. The van der Waals surface area contributed by atoms with Gasteiger partial charge in [0.05, 0.1) is 11.1 Å². The van der Waals surface area contributed by atoms with Crippen molar-refractivity contribution in [2.24, 2.45) is 7.05 Å². The molecule has 0 saturated heterocycles. The summed E-state index contributed by atoms with van der Waals surface area (Å²) in [7, 11) is -1.74. The number of sulfonamides is 1. The van der Waals surface area contributed by atoms with Gasteiger partial charge < -0.3 is 10.3 Å². The van der Waals surface area contributed by atoms with Gasteiger partial charge in [-0.1, -0.05) is 0 Å². The first-order valence-corrected chi connectivity index (χ1v) is 6.37. The number of H-pyrrole nitrogens is 1. The van der Waals surface area contributed by atoms with Crippen molar-refractivity contribution in [3.8, 4) is 0 Å². The second-order valence-electron chi connectivity index (χ2n) is 3.65. The lowest BCUT2D eigenvalue weighted by Gasteiger charge is -2.03. The fourth-order valence-electron chi connectivity index (χ4n) is 1.35. The third-order valence-electron chi connectivity index (χ3n) is 2.32. The number of nitrogens with zero attached hydrogens (tertiary/aromatic N) is 2. The Kier molecular flexibility index (Phi) is 2.90. The van der Waals surface area contributed by atoms with E-state index in [2.05, 4.69) is 14.9 Å². The van der Waals surface area contributed by atoms with Gasteiger partial charge in [0, 0.05) is 31.5 Å². The maximum absolute atomic E-state index is 11.9. The van der Waals surface area contributed by atoms with Gasteiger partial charge in [0.25, 0.3) is 0 Å². The van der Waals surface area contributed by atoms with Gasteiger partial charge in [-0.15, -0.1) is 0 Å². The molecule has 0 fully saturated rings. The Labute approximate surface area is 98.7 Å². The number of nitrogen functional groups attached to an aromatic ring is 1. The number of rotatable bonds is 4. The van der Waals surface area contributed by atoms with Crippen molar-refractivity contribution in [2.75, 3.05) is 5.73 Å². The van der Waals surface area contributed by atoms with Gasteiger partial charge >= 0.3 is 0 Å². The van der Waals surface area contributed by atoms with E-state index < -0.39 is 10.0 Å². The minimum Gasteiger partial charge on any atom is -0.384 e. The molecular weight excluding hydrogens is 242 g/mol. The molecule has 17 heavy (non-hydrogen) atoms. The van der Waals surface area contributed by atoms with Crippen molar-refractivity contribution in [2.45, 2.75) is 11.4 Å². The summed E-state index contributed by atoms with van der Waals surface area (Å²) in [6.45, 7) is 0.111. The smallest absolute Gasteiger partial charge is 0.242 e. The van der Waals surface area contributed by atoms with Crippen LogP contribution in [0, 0.1) is 0 Å². The molecule has 0 amide bonds. The predicted molar refractivity (Wildman–Crippen MR) is 62.4 cm³/mol. The van der Waals surface area contributed by atoms with Crippen LogP contribution in [0.25, 0.3) is 0 Å². The van der Waals surface area contributed by atoms with Crippen LogP contribution >= 0.6 is 0 Å². The molecule has 0 saturated carbocycles. The zero-order valence-corrected chi connectivity index (χ0v) is 10.0. The molecule has 2 aromatic rings. The zero-order chi connectivity index (χ0) is 12.5. The molecule has 92 valence electrons. The number of aryl methyl sites for hydroxylation is 1. The molecule has 7 nitrogen and oxygen atoms in total. The van der Waals surface area contributed by atoms with Crippen molar-refractivity contribution in [3.63, 3.8) is 0 Å². The average Bonchev–Trinajstić information content (AvgIpc) is 2.85. The van der Waals surface area contributed by atoms with E-state index in [-0.39, 0.29) is 11.4 Å². The lowest BCUT2D eigenvalue weighted by atomic mass is 10.3. The molecule has 0 unspecified atom stereocenters. The molecule has 0 spiro atoms. The molecule has 0 aliphatic carbocycles. The Balaban J connectivity index is 2.11. The SMILES string of the molecule is Cn1ccc(S(=O)(=O)NCc2cn[nH]c2N)c1. The summed E-state index contributed by atoms with van der Waals surface area (Å²) in [4.78, 5) is 0.224. The van der Waals surface area contributed by atoms with Crippen LogP contribution < -0.4 is 10.5 Å². The van der Waals surface area contributed by atoms with E-state index in [4.69, 9.17) is 5.73 Å². The van der Waals surface area contributed by atoms with Crippen LogP contribution in [0.1, 0.15) is 5.56 Å². The van der Waals surface area contributed by atoms with Gasteiger partial charge in [0.15, 0.2) is 0 Å². The molecule has 2 rings (SSSR count). The summed E-state index contributed by atoms with van der Waals surface area (Å²) in [5.74, 6) is 0.362. The van der Waals surface area contributed by atoms with E-state index >= 15 is 0 Å². The molecule has 8 heteroatoms. The first-order valence-electron chi connectivity index (χ1n) is 4.88.